The Morgan fingerprint density at radius 2 is 2.00 bits per heavy atom. The summed E-state index contributed by atoms with van der Waals surface area (Å²) in [7, 11) is 0. The Morgan fingerprint density at radius 3 is 2.80 bits per heavy atom. The predicted molar refractivity (Wildman–Crippen MR) is 79.5 cm³/mol. The first-order valence-electron chi connectivity index (χ1n) is 7.41. The van der Waals surface area contributed by atoms with Crippen molar-refractivity contribution in [3.63, 3.8) is 0 Å². The molecule has 0 spiro atoms. The second kappa shape index (κ2) is 5.90. The zero-order valence-electron chi connectivity index (χ0n) is 11.6. The van der Waals surface area contributed by atoms with Crippen LogP contribution in [0, 0.1) is 5.92 Å². The van der Waals surface area contributed by atoms with Crippen molar-refractivity contribution in [1.29, 1.82) is 0 Å². The molecule has 0 bridgehead atoms. The van der Waals surface area contributed by atoms with Crippen LogP contribution >= 0.6 is 0 Å². The number of fused-ring (bicyclic) bond motifs is 1. The molecule has 20 heavy (non-hydrogen) atoms. The van der Waals surface area contributed by atoms with E-state index in [0.29, 0.717) is 18.4 Å². The Kier molecular flexibility index (Phi) is 3.99. The zero-order chi connectivity index (χ0) is 13.9. The maximum absolute atomic E-state index is 9.34. The second-order valence-corrected chi connectivity index (χ2v) is 5.83. The van der Waals surface area contributed by atoms with Gasteiger partial charge in [0.1, 0.15) is 0 Å². The third-order valence-corrected chi connectivity index (χ3v) is 4.42. The van der Waals surface area contributed by atoms with Crippen LogP contribution in [-0.2, 0) is 6.61 Å². The number of nitrogens with zero attached hydrogens (tertiary/aromatic N) is 1. The topological polar surface area (TPSA) is 53.4 Å². The summed E-state index contributed by atoms with van der Waals surface area (Å²) in [6.45, 7) is 0.364. The number of aromatic nitrogens is 1. The van der Waals surface area contributed by atoms with E-state index in [2.05, 4.69) is 12.1 Å². The lowest BCUT2D eigenvalue weighted by Crippen LogP contribution is -2.17. The summed E-state index contributed by atoms with van der Waals surface area (Å²) in [4.78, 5) is 4.78. The number of benzene rings is 1. The van der Waals surface area contributed by atoms with E-state index < -0.39 is 0 Å². The summed E-state index contributed by atoms with van der Waals surface area (Å²) < 4.78 is 0. The van der Waals surface area contributed by atoms with E-state index in [4.69, 9.17) is 10.1 Å². The van der Waals surface area contributed by atoms with E-state index in [1.54, 1.807) is 0 Å². The highest BCUT2D eigenvalue weighted by molar-refractivity contribution is 5.79. The quantitative estimate of drug-likeness (QED) is 0.902. The van der Waals surface area contributed by atoms with Gasteiger partial charge in [-0.15, -0.1) is 0 Å². The Labute approximate surface area is 119 Å². The van der Waals surface area contributed by atoms with Gasteiger partial charge in [-0.2, -0.15) is 0 Å². The number of pyridine rings is 1. The predicted octanol–water partition coefficient (Wildman–Crippen LogP) is 2.99. The fraction of sp³-hybridized carbons (Fsp3) is 0.471. The van der Waals surface area contributed by atoms with Gasteiger partial charge in [0.25, 0.3) is 0 Å². The minimum atomic E-state index is 0.0680. The van der Waals surface area contributed by atoms with E-state index >= 15 is 0 Å². The second-order valence-electron chi connectivity index (χ2n) is 5.83. The van der Waals surface area contributed by atoms with Crippen LogP contribution in [0.25, 0.3) is 10.9 Å². The zero-order valence-corrected chi connectivity index (χ0v) is 11.6. The molecule has 3 nitrogen and oxygen atoms in total. The number of aliphatic hydroxyl groups excluding tert-OH is 2. The minimum absolute atomic E-state index is 0.0680. The van der Waals surface area contributed by atoms with Crippen LogP contribution < -0.4 is 0 Å². The molecule has 2 atom stereocenters. The number of aliphatic hydroxyl groups is 2. The van der Waals surface area contributed by atoms with Crippen molar-refractivity contribution in [3.8, 4) is 0 Å². The third-order valence-electron chi connectivity index (χ3n) is 4.42. The van der Waals surface area contributed by atoms with Gasteiger partial charge < -0.3 is 10.2 Å². The molecule has 3 heteroatoms. The molecule has 1 aliphatic carbocycles. The van der Waals surface area contributed by atoms with E-state index in [1.807, 2.05) is 18.2 Å². The van der Waals surface area contributed by atoms with Gasteiger partial charge in [-0.1, -0.05) is 18.6 Å². The maximum Gasteiger partial charge on any atom is 0.0705 e. The Balaban J connectivity index is 1.88. The number of rotatable bonds is 3. The molecule has 0 amide bonds. The lowest BCUT2D eigenvalue weighted by molar-refractivity contribution is 0.179. The molecule has 106 valence electrons. The van der Waals surface area contributed by atoms with Crippen LogP contribution in [0.1, 0.15) is 42.9 Å². The molecule has 3 rings (SSSR count). The smallest absolute Gasteiger partial charge is 0.0705 e. The first-order valence-corrected chi connectivity index (χ1v) is 7.41. The largest absolute Gasteiger partial charge is 0.396 e. The van der Waals surface area contributed by atoms with E-state index in [9.17, 15) is 5.11 Å². The van der Waals surface area contributed by atoms with Gasteiger partial charge in [-0.25, -0.2) is 0 Å². The lowest BCUT2D eigenvalue weighted by Gasteiger charge is -2.27. The Bertz CT molecular complexity index is 597. The van der Waals surface area contributed by atoms with Crippen LogP contribution in [0.3, 0.4) is 0 Å². The molecule has 0 saturated heterocycles. The molecule has 0 aliphatic heterocycles. The summed E-state index contributed by atoms with van der Waals surface area (Å²) in [5.41, 5.74) is 3.06. The third kappa shape index (κ3) is 2.69. The molecule has 1 heterocycles. The molecule has 1 aliphatic rings. The van der Waals surface area contributed by atoms with Crippen molar-refractivity contribution in [2.45, 2.75) is 38.2 Å². The Hall–Kier alpha value is -1.45. The monoisotopic (exact) mass is 271 g/mol. The van der Waals surface area contributed by atoms with Gasteiger partial charge in [-0.05, 0) is 48.9 Å². The molecular weight excluding hydrogens is 250 g/mol. The van der Waals surface area contributed by atoms with Gasteiger partial charge in [0, 0.05) is 23.6 Å². The molecule has 2 N–H and O–H groups in total. The molecule has 2 unspecified atom stereocenters. The highest BCUT2D eigenvalue weighted by atomic mass is 16.3. The normalized spacial score (nSPS) is 23.1. The molecule has 1 aromatic carbocycles. The lowest BCUT2D eigenvalue weighted by atomic mass is 9.80. The van der Waals surface area contributed by atoms with E-state index in [0.717, 1.165) is 35.0 Å². The Morgan fingerprint density at radius 1 is 1.10 bits per heavy atom. The van der Waals surface area contributed by atoms with Crippen LogP contribution in [-0.4, -0.2) is 21.8 Å². The molecule has 1 saturated carbocycles. The number of hydrogen-bond acceptors (Lipinski definition) is 3. The first-order chi connectivity index (χ1) is 9.80. The molecule has 1 aromatic heterocycles. The molecule has 1 fully saturated rings. The van der Waals surface area contributed by atoms with Crippen LogP contribution in [0.4, 0.5) is 0 Å². The van der Waals surface area contributed by atoms with Crippen LogP contribution in [0.2, 0.25) is 0 Å². The summed E-state index contributed by atoms with van der Waals surface area (Å²) in [6.07, 6.45) is 4.53. The first kappa shape index (κ1) is 13.5. The van der Waals surface area contributed by atoms with E-state index in [1.165, 1.54) is 12.8 Å². The van der Waals surface area contributed by atoms with Crippen LogP contribution in [0.5, 0.6) is 0 Å². The molecular formula is C17H21NO2. The maximum atomic E-state index is 9.34. The van der Waals surface area contributed by atoms with Crippen molar-refractivity contribution >= 4 is 10.9 Å². The van der Waals surface area contributed by atoms with Gasteiger partial charge in [0.15, 0.2) is 0 Å². The minimum Gasteiger partial charge on any atom is -0.396 e. The summed E-state index contributed by atoms with van der Waals surface area (Å²) in [5.74, 6) is 0.908. The van der Waals surface area contributed by atoms with Crippen molar-refractivity contribution in [2.75, 3.05) is 6.61 Å². The fourth-order valence-corrected chi connectivity index (χ4v) is 3.24. The van der Waals surface area contributed by atoms with Crippen LogP contribution in [0.15, 0.2) is 30.3 Å². The van der Waals surface area contributed by atoms with Crippen molar-refractivity contribution in [3.05, 3.63) is 41.6 Å². The average Bonchev–Trinajstić information content (AvgIpc) is 2.54. The van der Waals surface area contributed by atoms with Gasteiger partial charge in [-0.3, -0.25) is 4.98 Å². The van der Waals surface area contributed by atoms with Crippen molar-refractivity contribution in [1.82, 2.24) is 4.98 Å². The number of hydrogen-bond donors (Lipinski definition) is 2. The van der Waals surface area contributed by atoms with Crippen molar-refractivity contribution < 1.29 is 10.2 Å². The van der Waals surface area contributed by atoms with Gasteiger partial charge in [0.05, 0.1) is 12.1 Å². The average molecular weight is 271 g/mol. The highest BCUT2D eigenvalue weighted by Gasteiger charge is 2.23. The summed E-state index contributed by atoms with van der Waals surface area (Å²) in [5, 5.41) is 19.6. The molecule has 2 aromatic rings. The summed E-state index contributed by atoms with van der Waals surface area (Å²) >= 11 is 0. The van der Waals surface area contributed by atoms with Crippen molar-refractivity contribution in [2.24, 2.45) is 5.92 Å². The van der Waals surface area contributed by atoms with E-state index in [-0.39, 0.29) is 6.61 Å². The molecule has 0 radical (unpaired) electrons. The SMILES string of the molecule is OCc1ccc2nc(C3CCCC(CO)C3)ccc2c1. The summed E-state index contributed by atoms with van der Waals surface area (Å²) in [6, 6.07) is 10.1. The van der Waals surface area contributed by atoms with Gasteiger partial charge >= 0.3 is 0 Å². The standard InChI is InChI=1S/C17H21NO2/c19-10-12-2-1-3-14(8-12)17-7-5-15-9-13(11-20)4-6-16(15)18-17/h4-7,9,12,14,19-20H,1-3,8,10-11H2. The highest BCUT2D eigenvalue weighted by Crippen LogP contribution is 2.35. The fourth-order valence-electron chi connectivity index (χ4n) is 3.24. The van der Waals surface area contributed by atoms with Gasteiger partial charge in [0.2, 0.25) is 0 Å².